The fraction of sp³-hybridized carbons (Fsp3) is 0.346. The number of carbonyl (C=O) groups is 1. The van der Waals surface area contributed by atoms with Gasteiger partial charge in [0.2, 0.25) is 5.91 Å². The highest BCUT2D eigenvalue weighted by Gasteiger charge is 2.64. The highest BCUT2D eigenvalue weighted by Crippen LogP contribution is 2.58. The molecule has 2 atom stereocenters. The van der Waals surface area contributed by atoms with E-state index in [0.717, 1.165) is 18.5 Å². The molecular weight excluding hydrogens is 480 g/mol. The molecule has 0 radical (unpaired) electrons. The summed E-state index contributed by atoms with van der Waals surface area (Å²) in [5, 5.41) is 7.41. The summed E-state index contributed by atoms with van der Waals surface area (Å²) in [4.78, 5) is 29.0. The van der Waals surface area contributed by atoms with E-state index in [1.54, 1.807) is 12.3 Å². The van der Waals surface area contributed by atoms with Crippen molar-refractivity contribution in [1.82, 2.24) is 29.6 Å². The number of methoxy groups -OCH3 is 1. The lowest BCUT2D eigenvalue weighted by Crippen LogP contribution is -2.31. The summed E-state index contributed by atoms with van der Waals surface area (Å²) < 4.78 is 33.2. The van der Waals surface area contributed by atoms with Crippen molar-refractivity contribution in [3.8, 4) is 28.3 Å². The average Bonchev–Trinajstić information content (AvgIpc) is 3.24. The van der Waals surface area contributed by atoms with Crippen molar-refractivity contribution in [3.63, 3.8) is 0 Å². The lowest BCUT2D eigenvalue weighted by Gasteiger charge is -2.17. The molecule has 190 valence electrons. The molecule has 1 aromatic carbocycles. The van der Waals surface area contributed by atoms with Crippen LogP contribution in [0.2, 0.25) is 0 Å². The van der Waals surface area contributed by atoms with E-state index < -0.39 is 18.4 Å². The molecule has 4 aromatic rings. The largest absolute Gasteiger partial charge is 0.493 e. The number of likely N-dealkylation sites (tertiary alicyclic amines) is 1. The number of piperidine rings is 1. The summed E-state index contributed by atoms with van der Waals surface area (Å²) in [6.45, 7) is 1.05. The van der Waals surface area contributed by atoms with Gasteiger partial charge >= 0.3 is 0 Å². The zero-order valence-electron chi connectivity index (χ0n) is 20.4. The van der Waals surface area contributed by atoms with Gasteiger partial charge in [-0.2, -0.15) is 5.10 Å². The van der Waals surface area contributed by atoms with Crippen molar-refractivity contribution in [1.29, 1.82) is 0 Å². The van der Waals surface area contributed by atoms with Gasteiger partial charge in [-0.25, -0.2) is 23.7 Å². The van der Waals surface area contributed by atoms with Crippen LogP contribution in [0.15, 0.2) is 48.9 Å². The van der Waals surface area contributed by atoms with E-state index in [-0.39, 0.29) is 11.7 Å². The van der Waals surface area contributed by atoms with Crippen LogP contribution in [-0.2, 0) is 11.3 Å². The normalized spacial score (nSPS) is 20.8. The summed E-state index contributed by atoms with van der Waals surface area (Å²) >= 11 is 0. The van der Waals surface area contributed by atoms with Gasteiger partial charge in [0.25, 0.3) is 6.43 Å². The highest BCUT2D eigenvalue weighted by atomic mass is 19.3. The minimum atomic E-state index is -2.57. The summed E-state index contributed by atoms with van der Waals surface area (Å²) in [5.74, 6) is 0.908. The molecule has 0 spiro atoms. The lowest BCUT2D eigenvalue weighted by atomic mass is 10.0. The summed E-state index contributed by atoms with van der Waals surface area (Å²) in [6.07, 6.45) is 1.22. The minimum Gasteiger partial charge on any atom is -0.493 e. The van der Waals surface area contributed by atoms with Gasteiger partial charge in [0.15, 0.2) is 11.6 Å². The van der Waals surface area contributed by atoms with Gasteiger partial charge in [0.05, 0.1) is 18.0 Å². The predicted octanol–water partition coefficient (Wildman–Crippen LogP) is 3.72. The SMILES string of the molecule is COc1cc2ncnc(-c3cn(CC(F)F)nc3-c3ccccc3)c2nc1NC(=O)C12CC1CN(C)C2. The lowest BCUT2D eigenvalue weighted by molar-refractivity contribution is -0.121. The van der Waals surface area contributed by atoms with Gasteiger partial charge in [-0.05, 0) is 19.4 Å². The number of amides is 1. The summed E-state index contributed by atoms with van der Waals surface area (Å²) in [5.41, 5.74) is 2.70. The number of aromatic nitrogens is 5. The van der Waals surface area contributed by atoms with Crippen molar-refractivity contribution in [2.45, 2.75) is 19.4 Å². The van der Waals surface area contributed by atoms with Crippen molar-refractivity contribution in [3.05, 3.63) is 48.9 Å². The van der Waals surface area contributed by atoms with Crippen LogP contribution < -0.4 is 10.1 Å². The van der Waals surface area contributed by atoms with E-state index in [4.69, 9.17) is 9.72 Å². The predicted molar refractivity (Wildman–Crippen MR) is 133 cm³/mol. The molecule has 1 aliphatic carbocycles. The van der Waals surface area contributed by atoms with Crippen molar-refractivity contribution >= 4 is 22.8 Å². The number of halogens is 2. The monoisotopic (exact) mass is 505 g/mol. The van der Waals surface area contributed by atoms with E-state index in [1.165, 1.54) is 18.1 Å². The maximum Gasteiger partial charge on any atom is 0.257 e. The first-order valence-electron chi connectivity index (χ1n) is 12.0. The molecule has 1 aliphatic heterocycles. The Hall–Kier alpha value is -3.99. The number of rotatable bonds is 7. The number of nitrogens with one attached hydrogen (secondary N) is 1. The van der Waals surface area contributed by atoms with E-state index in [0.29, 0.717) is 46.2 Å². The zero-order chi connectivity index (χ0) is 25.7. The number of ether oxygens (including phenoxy) is 1. The van der Waals surface area contributed by atoms with Crippen LogP contribution in [0.3, 0.4) is 0 Å². The molecule has 1 N–H and O–H groups in total. The van der Waals surface area contributed by atoms with Gasteiger partial charge in [0.1, 0.15) is 29.8 Å². The molecule has 9 nitrogen and oxygen atoms in total. The van der Waals surface area contributed by atoms with Crippen LogP contribution in [-0.4, -0.2) is 69.2 Å². The molecule has 6 rings (SSSR count). The van der Waals surface area contributed by atoms with Crippen LogP contribution in [0.4, 0.5) is 14.6 Å². The number of benzene rings is 1. The number of fused-ring (bicyclic) bond motifs is 2. The third-order valence-electron chi connectivity index (χ3n) is 7.18. The smallest absolute Gasteiger partial charge is 0.257 e. The average molecular weight is 506 g/mol. The second-order valence-electron chi connectivity index (χ2n) is 9.71. The number of alkyl halides is 2. The molecule has 1 amide bonds. The molecule has 2 aliphatic rings. The molecule has 11 heteroatoms. The van der Waals surface area contributed by atoms with Crippen LogP contribution in [0, 0.1) is 11.3 Å². The molecule has 4 heterocycles. The molecule has 2 unspecified atom stereocenters. The number of anilines is 1. The van der Waals surface area contributed by atoms with Gasteiger partial charge in [-0.15, -0.1) is 0 Å². The van der Waals surface area contributed by atoms with Crippen molar-refractivity contribution in [2.75, 3.05) is 32.6 Å². The topological polar surface area (TPSA) is 98.1 Å². The van der Waals surface area contributed by atoms with Crippen molar-refractivity contribution < 1.29 is 18.3 Å². The Morgan fingerprint density at radius 2 is 2.05 bits per heavy atom. The van der Waals surface area contributed by atoms with Crippen LogP contribution in [0.5, 0.6) is 5.75 Å². The number of nitrogens with zero attached hydrogens (tertiary/aromatic N) is 6. The Morgan fingerprint density at radius 1 is 1.24 bits per heavy atom. The number of pyridine rings is 1. The van der Waals surface area contributed by atoms with Gasteiger partial charge in [-0.3, -0.25) is 9.48 Å². The molecule has 3 aromatic heterocycles. The Labute approximate surface area is 211 Å². The van der Waals surface area contributed by atoms with Crippen LogP contribution >= 0.6 is 0 Å². The summed E-state index contributed by atoms with van der Waals surface area (Å²) in [6, 6.07) is 11.0. The Bertz CT molecular complexity index is 1490. The molecule has 1 saturated heterocycles. The van der Waals surface area contributed by atoms with Crippen LogP contribution in [0.25, 0.3) is 33.5 Å². The third kappa shape index (κ3) is 4.08. The quantitative estimate of drug-likeness (QED) is 0.409. The molecule has 1 saturated carbocycles. The Balaban J connectivity index is 1.45. The van der Waals surface area contributed by atoms with E-state index in [9.17, 15) is 13.6 Å². The van der Waals surface area contributed by atoms with Gasteiger partial charge < -0.3 is 15.0 Å². The zero-order valence-corrected chi connectivity index (χ0v) is 20.4. The number of carbonyl (C=O) groups excluding carboxylic acids is 1. The van der Waals surface area contributed by atoms with Crippen molar-refractivity contribution in [2.24, 2.45) is 11.3 Å². The van der Waals surface area contributed by atoms with Crippen LogP contribution in [0.1, 0.15) is 6.42 Å². The second-order valence-corrected chi connectivity index (χ2v) is 9.71. The van der Waals surface area contributed by atoms with Gasteiger partial charge in [-0.1, -0.05) is 30.3 Å². The maximum atomic E-state index is 13.3. The number of hydrogen-bond donors (Lipinski definition) is 1. The summed E-state index contributed by atoms with van der Waals surface area (Å²) in [7, 11) is 3.52. The first kappa shape index (κ1) is 23.4. The third-order valence-corrected chi connectivity index (χ3v) is 7.18. The first-order chi connectivity index (χ1) is 17.9. The maximum absolute atomic E-state index is 13.3. The highest BCUT2D eigenvalue weighted by molar-refractivity contribution is 6.01. The fourth-order valence-electron chi connectivity index (χ4n) is 5.37. The van der Waals surface area contributed by atoms with E-state index >= 15 is 0 Å². The molecule has 37 heavy (non-hydrogen) atoms. The second kappa shape index (κ2) is 8.84. The Kier molecular flexibility index (Phi) is 5.59. The molecular formula is C26H25F2N7O2. The standard InChI is InChI=1S/C26H25F2N7O2/c1-34-10-16-9-26(16,13-34)25(36)32-24-19(37-2)8-18-23(31-24)22(30-14-29-18)17-11-35(12-20(27)28)33-21(17)15-6-4-3-5-7-15/h3-8,11,14,16,20H,9-10,12-13H2,1-2H3,(H,31,32,36). The van der Waals surface area contributed by atoms with Gasteiger partial charge in [0, 0.05) is 36.5 Å². The first-order valence-corrected chi connectivity index (χ1v) is 12.0. The van der Waals surface area contributed by atoms with E-state index in [1.807, 2.05) is 37.4 Å². The molecule has 0 bridgehead atoms. The Morgan fingerprint density at radius 3 is 2.76 bits per heavy atom. The minimum absolute atomic E-state index is 0.0832. The van der Waals surface area contributed by atoms with E-state index in [2.05, 4.69) is 25.3 Å². The molecule has 2 fully saturated rings. The fourth-order valence-corrected chi connectivity index (χ4v) is 5.37. The number of hydrogen-bond acceptors (Lipinski definition) is 7.